The first-order valence-corrected chi connectivity index (χ1v) is 5.48. The molecule has 0 bridgehead atoms. The van der Waals surface area contributed by atoms with Gasteiger partial charge in [-0.2, -0.15) is 11.3 Å². The molecule has 0 radical (unpaired) electrons. The summed E-state index contributed by atoms with van der Waals surface area (Å²) in [7, 11) is 0. The van der Waals surface area contributed by atoms with E-state index in [0.29, 0.717) is 5.56 Å². The van der Waals surface area contributed by atoms with Crippen LogP contribution in [0.15, 0.2) is 10.8 Å². The number of carboxylic acid groups (broad SMARTS) is 1. The van der Waals surface area contributed by atoms with E-state index < -0.39 is 5.97 Å². The Hall–Kier alpha value is -1.80. The van der Waals surface area contributed by atoms with E-state index in [4.69, 9.17) is 11.5 Å². The minimum atomic E-state index is -1.07. The zero-order valence-electron chi connectivity index (χ0n) is 8.77. The van der Waals surface area contributed by atoms with Gasteiger partial charge in [-0.3, -0.25) is 9.59 Å². The lowest BCUT2D eigenvalue weighted by Crippen LogP contribution is -2.36. The number of hydrogen-bond acceptors (Lipinski definition) is 3. The van der Waals surface area contributed by atoms with E-state index in [1.807, 2.05) is 5.38 Å². The largest absolute Gasteiger partial charge is 0.480 e. The van der Waals surface area contributed by atoms with E-state index in [9.17, 15) is 9.59 Å². The number of aliphatic carboxylic acids is 1. The predicted octanol–water partition coefficient (Wildman–Crippen LogP) is 1.22. The normalized spacial score (nSPS) is 9.50. The van der Waals surface area contributed by atoms with Crippen molar-refractivity contribution in [3.63, 3.8) is 0 Å². The highest BCUT2D eigenvalue weighted by molar-refractivity contribution is 7.08. The molecule has 0 unspecified atom stereocenters. The number of carboxylic acids is 1. The standard InChI is InChI=1S/C11H11NO3S/c1-3-4-12(5-10(13)14)11(15)9-7-16-6-8(9)2/h1,6-7H,4-5H2,2H3,(H,13,14). The second kappa shape index (κ2) is 5.33. The Morgan fingerprint density at radius 3 is 2.69 bits per heavy atom. The van der Waals surface area contributed by atoms with E-state index in [1.165, 1.54) is 11.3 Å². The summed E-state index contributed by atoms with van der Waals surface area (Å²) in [5, 5.41) is 12.2. The van der Waals surface area contributed by atoms with Crippen LogP contribution >= 0.6 is 11.3 Å². The molecular formula is C11H11NO3S. The summed E-state index contributed by atoms with van der Waals surface area (Å²) in [5.41, 5.74) is 1.35. The van der Waals surface area contributed by atoms with Gasteiger partial charge in [-0.05, 0) is 17.9 Å². The second-order valence-corrected chi connectivity index (χ2v) is 3.97. The number of carbonyl (C=O) groups is 2. The van der Waals surface area contributed by atoms with Crippen LogP contribution in [0.5, 0.6) is 0 Å². The maximum atomic E-state index is 11.9. The topological polar surface area (TPSA) is 57.6 Å². The number of aryl methyl sites for hydroxylation is 1. The summed E-state index contributed by atoms with van der Waals surface area (Å²) in [6, 6.07) is 0. The number of amides is 1. The lowest BCUT2D eigenvalue weighted by atomic mass is 10.2. The summed E-state index contributed by atoms with van der Waals surface area (Å²) in [6.45, 7) is 1.43. The third-order valence-corrected chi connectivity index (χ3v) is 2.84. The summed E-state index contributed by atoms with van der Waals surface area (Å²) in [4.78, 5) is 23.6. The molecule has 16 heavy (non-hydrogen) atoms. The summed E-state index contributed by atoms with van der Waals surface area (Å²) >= 11 is 1.40. The van der Waals surface area contributed by atoms with Crippen molar-refractivity contribution >= 4 is 23.2 Å². The monoisotopic (exact) mass is 237 g/mol. The molecule has 0 aromatic carbocycles. The number of nitrogens with zero attached hydrogens (tertiary/aromatic N) is 1. The molecule has 84 valence electrons. The summed E-state index contributed by atoms with van der Waals surface area (Å²) < 4.78 is 0. The summed E-state index contributed by atoms with van der Waals surface area (Å²) in [5.74, 6) is 0.874. The van der Waals surface area contributed by atoms with Crippen LogP contribution in [0, 0.1) is 19.3 Å². The van der Waals surface area contributed by atoms with Gasteiger partial charge in [0.05, 0.1) is 12.1 Å². The van der Waals surface area contributed by atoms with Gasteiger partial charge in [0.1, 0.15) is 6.54 Å². The first kappa shape index (κ1) is 12.3. The Balaban J connectivity index is 2.88. The molecule has 0 aliphatic carbocycles. The molecule has 0 fully saturated rings. The molecule has 1 amide bonds. The highest BCUT2D eigenvalue weighted by Crippen LogP contribution is 2.15. The van der Waals surface area contributed by atoms with Crippen molar-refractivity contribution in [3.05, 3.63) is 21.9 Å². The van der Waals surface area contributed by atoms with Crippen LogP contribution in [0.1, 0.15) is 15.9 Å². The van der Waals surface area contributed by atoms with Gasteiger partial charge in [0.15, 0.2) is 0 Å². The van der Waals surface area contributed by atoms with Gasteiger partial charge < -0.3 is 10.0 Å². The average Bonchev–Trinajstić information content (AvgIpc) is 2.62. The zero-order valence-corrected chi connectivity index (χ0v) is 9.58. The second-order valence-electron chi connectivity index (χ2n) is 3.23. The third kappa shape index (κ3) is 2.84. The molecule has 1 rings (SSSR count). The predicted molar refractivity (Wildman–Crippen MR) is 61.4 cm³/mol. The van der Waals surface area contributed by atoms with Crippen molar-refractivity contribution in [2.45, 2.75) is 6.92 Å². The number of carbonyl (C=O) groups excluding carboxylic acids is 1. The van der Waals surface area contributed by atoms with Gasteiger partial charge in [-0.25, -0.2) is 0 Å². The Bertz CT molecular complexity index is 444. The van der Waals surface area contributed by atoms with Crippen LogP contribution in [0.2, 0.25) is 0 Å². The minimum absolute atomic E-state index is 0.000417. The van der Waals surface area contributed by atoms with Crippen LogP contribution in [-0.2, 0) is 4.79 Å². The van der Waals surface area contributed by atoms with Gasteiger partial charge in [0.25, 0.3) is 5.91 Å². The fraction of sp³-hybridized carbons (Fsp3) is 0.273. The molecule has 0 aliphatic heterocycles. The van der Waals surface area contributed by atoms with Crippen molar-refractivity contribution in [2.24, 2.45) is 0 Å². The van der Waals surface area contributed by atoms with Crippen molar-refractivity contribution in [1.29, 1.82) is 0 Å². The zero-order chi connectivity index (χ0) is 12.1. The Kier molecular flexibility index (Phi) is 4.09. The van der Waals surface area contributed by atoms with Gasteiger partial charge >= 0.3 is 5.97 Å². The minimum Gasteiger partial charge on any atom is -0.480 e. The molecule has 1 heterocycles. The highest BCUT2D eigenvalue weighted by Gasteiger charge is 2.19. The smallest absolute Gasteiger partial charge is 0.323 e. The Morgan fingerprint density at radius 2 is 2.25 bits per heavy atom. The SMILES string of the molecule is C#CCN(CC(=O)O)C(=O)c1cscc1C. The van der Waals surface area contributed by atoms with Gasteiger partial charge in [-0.15, -0.1) is 6.42 Å². The van der Waals surface area contributed by atoms with Crippen LogP contribution < -0.4 is 0 Å². The maximum absolute atomic E-state index is 11.9. The first-order valence-electron chi connectivity index (χ1n) is 4.53. The molecule has 0 aliphatic rings. The molecule has 5 heteroatoms. The van der Waals surface area contributed by atoms with E-state index in [0.717, 1.165) is 10.5 Å². The fourth-order valence-corrected chi connectivity index (χ4v) is 2.04. The van der Waals surface area contributed by atoms with Gasteiger partial charge in [-0.1, -0.05) is 5.92 Å². The van der Waals surface area contributed by atoms with Crippen molar-refractivity contribution in [2.75, 3.05) is 13.1 Å². The Labute approximate surface area is 97.5 Å². The number of terminal acetylenes is 1. The Morgan fingerprint density at radius 1 is 1.56 bits per heavy atom. The first-order chi connectivity index (χ1) is 7.56. The quantitative estimate of drug-likeness (QED) is 0.801. The molecule has 0 spiro atoms. The van der Waals surface area contributed by atoms with Gasteiger partial charge in [0, 0.05) is 5.38 Å². The number of hydrogen-bond donors (Lipinski definition) is 1. The molecule has 1 aromatic rings. The molecule has 1 aromatic heterocycles. The summed E-state index contributed by atoms with van der Waals surface area (Å²) in [6.07, 6.45) is 5.10. The molecule has 1 N–H and O–H groups in total. The van der Waals surface area contributed by atoms with Crippen LogP contribution in [0.25, 0.3) is 0 Å². The maximum Gasteiger partial charge on any atom is 0.323 e. The van der Waals surface area contributed by atoms with E-state index in [1.54, 1.807) is 12.3 Å². The van der Waals surface area contributed by atoms with E-state index >= 15 is 0 Å². The number of thiophene rings is 1. The number of rotatable bonds is 4. The van der Waals surface area contributed by atoms with Crippen molar-refractivity contribution < 1.29 is 14.7 Å². The van der Waals surface area contributed by atoms with Crippen LogP contribution in [-0.4, -0.2) is 35.0 Å². The fourth-order valence-electron chi connectivity index (χ4n) is 1.22. The van der Waals surface area contributed by atoms with Crippen molar-refractivity contribution in [1.82, 2.24) is 4.90 Å². The molecule has 4 nitrogen and oxygen atoms in total. The lowest BCUT2D eigenvalue weighted by Gasteiger charge is -2.17. The van der Waals surface area contributed by atoms with Crippen LogP contribution in [0.4, 0.5) is 0 Å². The molecular weight excluding hydrogens is 226 g/mol. The van der Waals surface area contributed by atoms with Gasteiger partial charge in [0.2, 0.25) is 0 Å². The average molecular weight is 237 g/mol. The van der Waals surface area contributed by atoms with E-state index in [2.05, 4.69) is 5.92 Å². The van der Waals surface area contributed by atoms with Crippen LogP contribution in [0.3, 0.4) is 0 Å². The highest BCUT2D eigenvalue weighted by atomic mass is 32.1. The molecule has 0 saturated heterocycles. The van der Waals surface area contributed by atoms with Crippen molar-refractivity contribution in [3.8, 4) is 12.3 Å². The molecule has 0 atom stereocenters. The lowest BCUT2D eigenvalue weighted by molar-refractivity contribution is -0.137. The van der Waals surface area contributed by atoms with E-state index in [-0.39, 0.29) is 19.0 Å². The molecule has 0 saturated carbocycles. The third-order valence-electron chi connectivity index (χ3n) is 1.98.